The smallest absolute Gasteiger partial charge is 0.338 e. The van der Waals surface area contributed by atoms with Gasteiger partial charge >= 0.3 is 11.9 Å². The van der Waals surface area contributed by atoms with Gasteiger partial charge in [-0.05, 0) is 38.3 Å². The van der Waals surface area contributed by atoms with Gasteiger partial charge in [0, 0.05) is 16.7 Å². The molecule has 0 aromatic heterocycles. The van der Waals surface area contributed by atoms with Crippen molar-refractivity contribution in [2.45, 2.75) is 137 Å². The minimum atomic E-state index is -0.440. The molecular formula is C33H52O4. The van der Waals surface area contributed by atoms with Crippen molar-refractivity contribution < 1.29 is 19.1 Å². The first kappa shape index (κ1) is 32.7. The summed E-state index contributed by atoms with van der Waals surface area (Å²) in [5.74, 6) is -0.333. The van der Waals surface area contributed by atoms with E-state index in [0.717, 1.165) is 30.4 Å². The Morgan fingerprint density at radius 3 is 1.59 bits per heavy atom. The molecule has 0 saturated carbocycles. The molecule has 0 aliphatic carbocycles. The first-order valence-corrected chi connectivity index (χ1v) is 14.7. The molecule has 1 aromatic rings. The first-order valence-electron chi connectivity index (χ1n) is 14.7. The molecule has 1 rings (SSSR count). The van der Waals surface area contributed by atoms with Gasteiger partial charge in [0.2, 0.25) is 0 Å². The Labute approximate surface area is 226 Å². The van der Waals surface area contributed by atoms with Crippen LogP contribution in [0.1, 0.15) is 135 Å². The molecule has 4 nitrogen and oxygen atoms in total. The highest BCUT2D eigenvalue weighted by molar-refractivity contribution is 5.89. The number of carbonyl (C=O) groups is 2. The predicted octanol–water partition coefficient (Wildman–Crippen LogP) is 9.59. The summed E-state index contributed by atoms with van der Waals surface area (Å²) >= 11 is 0. The van der Waals surface area contributed by atoms with E-state index in [0.29, 0.717) is 16.9 Å². The van der Waals surface area contributed by atoms with Crippen LogP contribution in [0.4, 0.5) is 0 Å². The average molecular weight is 513 g/mol. The van der Waals surface area contributed by atoms with Gasteiger partial charge in [0.25, 0.3) is 0 Å². The number of benzene rings is 1. The highest BCUT2D eigenvalue weighted by Gasteiger charge is 2.15. The monoisotopic (exact) mass is 512 g/mol. The largest absolute Gasteiger partial charge is 0.457 e. The van der Waals surface area contributed by atoms with Crippen molar-refractivity contribution >= 4 is 11.9 Å². The molecule has 208 valence electrons. The van der Waals surface area contributed by atoms with E-state index in [2.05, 4.69) is 20.1 Å². The van der Waals surface area contributed by atoms with Crippen molar-refractivity contribution in [1.29, 1.82) is 0 Å². The summed E-state index contributed by atoms with van der Waals surface area (Å²) < 4.78 is 11.0. The Morgan fingerprint density at radius 1 is 0.676 bits per heavy atom. The van der Waals surface area contributed by atoms with E-state index in [9.17, 15) is 9.59 Å². The molecule has 0 aliphatic rings. The summed E-state index contributed by atoms with van der Waals surface area (Å²) in [5, 5.41) is 0. The van der Waals surface area contributed by atoms with Gasteiger partial charge < -0.3 is 9.47 Å². The maximum Gasteiger partial charge on any atom is 0.338 e. The third-order valence-electron chi connectivity index (χ3n) is 6.77. The lowest BCUT2D eigenvalue weighted by molar-refractivity contribution is -0.140. The van der Waals surface area contributed by atoms with Gasteiger partial charge in [-0.15, -0.1) is 0 Å². The molecule has 0 bridgehead atoms. The van der Waals surface area contributed by atoms with Crippen molar-refractivity contribution in [3.63, 3.8) is 0 Å². The lowest BCUT2D eigenvalue weighted by atomic mass is 9.99. The van der Waals surface area contributed by atoms with E-state index in [1.807, 2.05) is 12.1 Å². The van der Waals surface area contributed by atoms with Crippen LogP contribution in [0.2, 0.25) is 0 Å². The predicted molar refractivity (Wildman–Crippen MR) is 155 cm³/mol. The fraction of sp³-hybridized carbons (Fsp3) is 0.636. The minimum Gasteiger partial charge on any atom is -0.457 e. The van der Waals surface area contributed by atoms with Gasteiger partial charge in [0.15, 0.2) is 0 Å². The lowest BCUT2D eigenvalue weighted by Gasteiger charge is -2.15. The quantitative estimate of drug-likeness (QED) is 0.0671. The number of rotatable bonds is 22. The molecule has 0 amide bonds. The second-order valence-electron chi connectivity index (χ2n) is 10.5. The average Bonchev–Trinajstić information content (AvgIpc) is 2.87. The zero-order valence-corrected chi connectivity index (χ0v) is 24.0. The zero-order chi connectivity index (χ0) is 27.3. The number of carbonyl (C=O) groups excluding carboxylic acids is 2. The molecule has 0 fully saturated rings. The second kappa shape index (κ2) is 20.7. The van der Waals surface area contributed by atoms with E-state index in [-0.39, 0.29) is 6.61 Å². The van der Waals surface area contributed by atoms with Gasteiger partial charge in [0.1, 0.15) is 12.4 Å². The molecule has 4 heteroatoms. The maximum atomic E-state index is 12.1. The minimum absolute atomic E-state index is 0.137. The second-order valence-corrected chi connectivity index (χ2v) is 10.5. The number of hydrogen-bond acceptors (Lipinski definition) is 4. The third-order valence-corrected chi connectivity index (χ3v) is 6.77. The van der Waals surface area contributed by atoms with E-state index >= 15 is 0 Å². The van der Waals surface area contributed by atoms with E-state index in [1.54, 1.807) is 19.9 Å². The molecule has 0 radical (unpaired) electrons. The zero-order valence-electron chi connectivity index (χ0n) is 24.0. The van der Waals surface area contributed by atoms with Gasteiger partial charge in [-0.1, -0.05) is 129 Å². The van der Waals surface area contributed by atoms with E-state index in [4.69, 9.17) is 9.47 Å². The van der Waals surface area contributed by atoms with Crippen molar-refractivity contribution in [2.24, 2.45) is 0 Å². The fourth-order valence-corrected chi connectivity index (χ4v) is 4.43. The van der Waals surface area contributed by atoms with Crippen molar-refractivity contribution in [1.82, 2.24) is 0 Å². The summed E-state index contributed by atoms with van der Waals surface area (Å²) in [5.41, 5.74) is 2.51. The highest BCUT2D eigenvalue weighted by atomic mass is 16.5. The Morgan fingerprint density at radius 2 is 1.14 bits per heavy atom. The standard InChI is InChI=1S/C33H52O4/c1-6-7-8-9-10-11-12-13-14-15-16-17-18-19-20-21-24-30-29(26-36-32(34)27(2)3)23-22-25-31(30)37-33(35)28(4)5/h22-23,25H,2,4,6-21,24,26H2,1,3,5H3. The van der Waals surface area contributed by atoms with E-state index in [1.165, 1.54) is 89.9 Å². The van der Waals surface area contributed by atoms with Crippen LogP contribution in [-0.2, 0) is 27.4 Å². The molecular weight excluding hydrogens is 460 g/mol. The lowest BCUT2D eigenvalue weighted by Crippen LogP contribution is -2.12. The molecule has 0 atom stereocenters. The SMILES string of the molecule is C=C(C)C(=O)OCc1cccc(OC(=O)C(=C)C)c1CCCCCCCCCCCCCCCCCC. The van der Waals surface area contributed by atoms with Crippen LogP contribution in [0.3, 0.4) is 0 Å². The molecule has 1 aromatic carbocycles. The summed E-state index contributed by atoms with van der Waals surface area (Å²) in [6, 6.07) is 5.54. The molecule has 0 spiro atoms. The molecule has 0 saturated heterocycles. The van der Waals surface area contributed by atoms with Crippen LogP contribution in [-0.4, -0.2) is 11.9 Å². The molecule has 0 N–H and O–H groups in total. The van der Waals surface area contributed by atoms with Gasteiger partial charge in [-0.2, -0.15) is 0 Å². The summed E-state index contributed by atoms with van der Waals surface area (Å²) in [6.45, 7) is 13.0. The normalized spacial score (nSPS) is 10.8. The third kappa shape index (κ3) is 15.5. The van der Waals surface area contributed by atoms with Gasteiger partial charge in [-0.3, -0.25) is 0 Å². The number of esters is 2. The van der Waals surface area contributed by atoms with Crippen molar-refractivity contribution in [2.75, 3.05) is 0 Å². The van der Waals surface area contributed by atoms with Crippen LogP contribution in [0.25, 0.3) is 0 Å². The van der Waals surface area contributed by atoms with E-state index < -0.39 is 11.9 Å². The first-order chi connectivity index (χ1) is 17.9. The Kier molecular flexibility index (Phi) is 18.3. The number of unbranched alkanes of at least 4 members (excludes halogenated alkanes) is 15. The maximum absolute atomic E-state index is 12.1. The van der Waals surface area contributed by atoms with Crippen LogP contribution < -0.4 is 4.74 Å². The highest BCUT2D eigenvalue weighted by Crippen LogP contribution is 2.27. The van der Waals surface area contributed by atoms with Crippen LogP contribution >= 0.6 is 0 Å². The summed E-state index contributed by atoms with van der Waals surface area (Å²) in [6.07, 6.45) is 22.0. The summed E-state index contributed by atoms with van der Waals surface area (Å²) in [7, 11) is 0. The van der Waals surface area contributed by atoms with Crippen molar-refractivity contribution in [3.05, 3.63) is 53.6 Å². The molecule has 0 heterocycles. The van der Waals surface area contributed by atoms with Gasteiger partial charge in [0.05, 0.1) is 0 Å². The Bertz CT molecular complexity index is 824. The number of ether oxygens (including phenoxy) is 2. The van der Waals surface area contributed by atoms with Crippen LogP contribution in [0, 0.1) is 0 Å². The van der Waals surface area contributed by atoms with Crippen LogP contribution in [0.5, 0.6) is 5.75 Å². The van der Waals surface area contributed by atoms with Crippen LogP contribution in [0.15, 0.2) is 42.5 Å². The fourth-order valence-electron chi connectivity index (χ4n) is 4.43. The topological polar surface area (TPSA) is 52.6 Å². The van der Waals surface area contributed by atoms with Gasteiger partial charge in [-0.25, -0.2) is 9.59 Å². The molecule has 37 heavy (non-hydrogen) atoms. The molecule has 0 unspecified atom stereocenters. The Hall–Kier alpha value is -2.36. The molecule has 0 aliphatic heterocycles. The number of hydrogen-bond donors (Lipinski definition) is 0. The Balaban J connectivity index is 2.33. The van der Waals surface area contributed by atoms with Crippen molar-refractivity contribution in [3.8, 4) is 5.75 Å². The summed E-state index contributed by atoms with van der Waals surface area (Å²) in [4.78, 5) is 24.0.